The number of rotatable bonds is 39. The Balaban J connectivity index is 1.50. The predicted molar refractivity (Wildman–Crippen MR) is 264 cm³/mol. The molecule has 5 heteroatoms. The highest BCUT2D eigenvalue weighted by molar-refractivity contribution is 7.68. The zero-order valence-electron chi connectivity index (χ0n) is 38.6. The van der Waals surface area contributed by atoms with Crippen LogP contribution in [0.1, 0.15) is 230 Å². The SMILES string of the molecule is CCCCCCCCCCCCc1ccc(NP(=O)(Nc2ccc(CCCCCCCCCCCC)cc2)Nc2ccc(CCCCCCCCCCCC)cc2)cc1. The Morgan fingerprint density at radius 1 is 0.288 bits per heavy atom. The average Bonchev–Trinajstić information content (AvgIpc) is 3.24. The standard InChI is InChI=1S/C54H90N3OP/c1-4-7-10-13-16-19-22-25-28-31-34-49-37-43-52(44-38-49)55-59(58,56-53-45-39-50(40-46-53)35-32-29-26-23-20-17-14-11-8-5-2)57-54-47-41-51(42-48-54)36-33-30-27-24-21-18-15-12-9-6-3/h37-48H,4-36H2,1-3H3,(H3,55,56,57,58). The number of hydrogen-bond donors (Lipinski definition) is 3. The highest BCUT2D eigenvalue weighted by atomic mass is 31.2. The molecule has 0 bridgehead atoms. The molecule has 0 saturated carbocycles. The first kappa shape index (κ1) is 50.6. The highest BCUT2D eigenvalue weighted by Gasteiger charge is 2.23. The molecule has 3 rings (SSSR count). The molecule has 0 heterocycles. The largest absolute Gasteiger partial charge is 0.352 e. The Morgan fingerprint density at radius 2 is 0.475 bits per heavy atom. The fraction of sp³-hybridized carbons (Fsp3) is 0.667. The van der Waals surface area contributed by atoms with Gasteiger partial charge in [0, 0.05) is 17.1 Å². The van der Waals surface area contributed by atoms with Gasteiger partial charge in [-0.25, -0.2) is 0 Å². The molecular weight excluding hydrogens is 738 g/mol. The van der Waals surface area contributed by atoms with E-state index in [2.05, 4.69) is 109 Å². The fourth-order valence-corrected chi connectivity index (χ4v) is 10.0. The fourth-order valence-electron chi connectivity index (χ4n) is 8.32. The molecule has 3 N–H and O–H groups in total. The van der Waals surface area contributed by atoms with Crippen LogP contribution in [0.4, 0.5) is 17.1 Å². The molecule has 332 valence electrons. The molecular formula is C54H90N3OP. The van der Waals surface area contributed by atoms with Crippen LogP contribution in [0.3, 0.4) is 0 Å². The third-order valence-electron chi connectivity index (χ3n) is 12.2. The summed E-state index contributed by atoms with van der Waals surface area (Å²) >= 11 is 0. The molecule has 0 atom stereocenters. The minimum absolute atomic E-state index is 0.857. The Labute approximate surface area is 365 Å². The molecule has 0 radical (unpaired) electrons. The summed E-state index contributed by atoms with van der Waals surface area (Å²) in [6.07, 6.45) is 44.0. The van der Waals surface area contributed by atoms with Crippen LogP contribution in [0.15, 0.2) is 72.8 Å². The first-order valence-corrected chi connectivity index (χ1v) is 27.0. The van der Waals surface area contributed by atoms with E-state index in [4.69, 9.17) is 0 Å². The Bertz CT molecular complexity index is 1260. The van der Waals surface area contributed by atoms with Crippen LogP contribution in [0.5, 0.6) is 0 Å². The van der Waals surface area contributed by atoms with Gasteiger partial charge in [-0.15, -0.1) is 0 Å². The van der Waals surface area contributed by atoms with Crippen LogP contribution in [-0.2, 0) is 23.8 Å². The van der Waals surface area contributed by atoms with Crippen molar-refractivity contribution >= 4 is 24.7 Å². The molecule has 4 nitrogen and oxygen atoms in total. The van der Waals surface area contributed by atoms with E-state index in [1.165, 1.54) is 209 Å². The van der Waals surface area contributed by atoms with Crippen LogP contribution in [-0.4, -0.2) is 0 Å². The van der Waals surface area contributed by atoms with Crippen molar-refractivity contribution in [1.82, 2.24) is 0 Å². The molecule has 0 amide bonds. The first-order chi connectivity index (χ1) is 29.0. The van der Waals surface area contributed by atoms with Gasteiger partial charge >= 0.3 is 7.59 Å². The van der Waals surface area contributed by atoms with E-state index in [1.54, 1.807) is 0 Å². The molecule has 59 heavy (non-hydrogen) atoms. The summed E-state index contributed by atoms with van der Waals surface area (Å²) in [5.41, 5.74) is 6.62. The average molecular weight is 828 g/mol. The molecule has 0 aliphatic rings. The number of unbranched alkanes of at least 4 members (excludes halogenated alkanes) is 27. The Kier molecular flexibility index (Phi) is 29.1. The summed E-state index contributed by atoms with van der Waals surface area (Å²) in [7, 11) is -3.32. The second-order valence-electron chi connectivity index (χ2n) is 17.8. The van der Waals surface area contributed by atoms with E-state index < -0.39 is 7.59 Å². The van der Waals surface area contributed by atoms with Gasteiger partial charge in [0.25, 0.3) is 0 Å². The molecule has 0 aliphatic carbocycles. The van der Waals surface area contributed by atoms with Crippen LogP contribution in [0.2, 0.25) is 0 Å². The van der Waals surface area contributed by atoms with E-state index in [0.29, 0.717) is 0 Å². The summed E-state index contributed by atoms with van der Waals surface area (Å²) < 4.78 is 14.8. The maximum atomic E-state index is 14.8. The summed E-state index contributed by atoms with van der Waals surface area (Å²) in [6.45, 7) is 6.86. The Morgan fingerprint density at radius 3 is 0.678 bits per heavy atom. The van der Waals surface area contributed by atoms with Crippen molar-refractivity contribution in [3.8, 4) is 0 Å². The number of benzene rings is 3. The van der Waals surface area contributed by atoms with Gasteiger partial charge in [0.2, 0.25) is 0 Å². The lowest BCUT2D eigenvalue weighted by atomic mass is 10.0. The number of hydrogen-bond acceptors (Lipinski definition) is 1. The van der Waals surface area contributed by atoms with Gasteiger partial charge in [-0.05, 0) is 91.6 Å². The van der Waals surface area contributed by atoms with Crippen LogP contribution in [0.25, 0.3) is 0 Å². The third kappa shape index (κ3) is 25.6. The highest BCUT2D eigenvalue weighted by Crippen LogP contribution is 2.45. The topological polar surface area (TPSA) is 53.2 Å². The Hall–Kier alpha value is -2.71. The number of aryl methyl sites for hydroxylation is 3. The lowest BCUT2D eigenvalue weighted by Crippen LogP contribution is -2.14. The van der Waals surface area contributed by atoms with Gasteiger partial charge < -0.3 is 15.3 Å². The molecule has 3 aromatic carbocycles. The van der Waals surface area contributed by atoms with Gasteiger partial charge in [0.15, 0.2) is 0 Å². The monoisotopic (exact) mass is 828 g/mol. The zero-order chi connectivity index (χ0) is 41.9. The summed E-state index contributed by atoms with van der Waals surface area (Å²) in [6, 6.07) is 25.7. The summed E-state index contributed by atoms with van der Waals surface area (Å²) in [4.78, 5) is 0. The summed E-state index contributed by atoms with van der Waals surface area (Å²) in [5, 5.41) is 10.2. The minimum atomic E-state index is -3.32. The maximum absolute atomic E-state index is 14.8. The van der Waals surface area contributed by atoms with Crippen LogP contribution >= 0.6 is 7.59 Å². The van der Waals surface area contributed by atoms with Gasteiger partial charge in [-0.3, -0.25) is 4.57 Å². The van der Waals surface area contributed by atoms with Gasteiger partial charge in [0.05, 0.1) is 0 Å². The van der Waals surface area contributed by atoms with E-state index in [1.807, 2.05) is 0 Å². The van der Waals surface area contributed by atoms with Gasteiger partial charge in [0.1, 0.15) is 0 Å². The van der Waals surface area contributed by atoms with Crippen molar-refractivity contribution in [2.24, 2.45) is 0 Å². The second-order valence-corrected chi connectivity index (χ2v) is 19.7. The molecule has 0 saturated heterocycles. The molecule has 0 aromatic heterocycles. The van der Waals surface area contributed by atoms with Crippen LogP contribution in [0, 0.1) is 0 Å². The molecule has 0 unspecified atom stereocenters. The smallest absolute Gasteiger partial charge is 0.304 e. The van der Waals surface area contributed by atoms with Gasteiger partial charge in [-0.1, -0.05) is 231 Å². The lowest BCUT2D eigenvalue weighted by molar-refractivity contribution is 0.556. The maximum Gasteiger partial charge on any atom is 0.352 e. The van der Waals surface area contributed by atoms with Crippen LogP contribution < -0.4 is 15.3 Å². The normalized spacial score (nSPS) is 11.6. The van der Waals surface area contributed by atoms with E-state index in [9.17, 15) is 4.57 Å². The van der Waals surface area contributed by atoms with Crippen molar-refractivity contribution in [1.29, 1.82) is 0 Å². The molecule has 0 aliphatic heterocycles. The quantitative estimate of drug-likeness (QED) is 0.0396. The van der Waals surface area contributed by atoms with Crippen molar-refractivity contribution in [2.45, 2.75) is 233 Å². The number of nitrogens with one attached hydrogen (secondary N) is 3. The van der Waals surface area contributed by atoms with Gasteiger partial charge in [-0.2, -0.15) is 0 Å². The lowest BCUT2D eigenvalue weighted by Gasteiger charge is -2.24. The molecule has 0 spiro atoms. The van der Waals surface area contributed by atoms with Crippen molar-refractivity contribution in [3.63, 3.8) is 0 Å². The van der Waals surface area contributed by atoms with Crippen molar-refractivity contribution in [3.05, 3.63) is 89.5 Å². The van der Waals surface area contributed by atoms with E-state index in [-0.39, 0.29) is 0 Å². The van der Waals surface area contributed by atoms with Crippen molar-refractivity contribution in [2.75, 3.05) is 15.3 Å². The minimum Gasteiger partial charge on any atom is -0.304 e. The molecule has 3 aromatic rings. The summed E-state index contributed by atoms with van der Waals surface area (Å²) in [5.74, 6) is 0. The number of anilines is 3. The van der Waals surface area contributed by atoms with E-state index in [0.717, 1.165) is 36.3 Å². The second kappa shape index (κ2) is 33.9. The predicted octanol–water partition coefficient (Wildman–Crippen LogP) is 18.8. The third-order valence-corrected chi connectivity index (χ3v) is 13.9. The first-order valence-electron chi connectivity index (χ1n) is 25.2. The van der Waals surface area contributed by atoms with E-state index >= 15 is 0 Å². The zero-order valence-corrected chi connectivity index (χ0v) is 39.5. The van der Waals surface area contributed by atoms with Crippen molar-refractivity contribution < 1.29 is 4.57 Å². The molecule has 0 fully saturated rings.